The average Bonchev–Trinajstić information content (AvgIpc) is 3.20. The van der Waals surface area contributed by atoms with E-state index in [4.69, 9.17) is 4.74 Å². The highest BCUT2D eigenvalue weighted by Crippen LogP contribution is 2.17. The van der Waals surface area contributed by atoms with E-state index in [0.29, 0.717) is 5.75 Å². The van der Waals surface area contributed by atoms with Crippen LogP contribution in [-0.4, -0.2) is 45.7 Å². The summed E-state index contributed by atoms with van der Waals surface area (Å²) < 4.78 is 6.88. The van der Waals surface area contributed by atoms with Gasteiger partial charge in [-0.3, -0.25) is 10.1 Å². The van der Waals surface area contributed by atoms with Gasteiger partial charge in [0.1, 0.15) is 18.4 Å². The molecule has 0 spiro atoms. The zero-order valence-corrected chi connectivity index (χ0v) is 14.9. The first-order valence-electron chi connectivity index (χ1n) is 8.91. The molecular formula is C18H22N6O3. The van der Waals surface area contributed by atoms with E-state index in [1.165, 1.54) is 23.8 Å². The summed E-state index contributed by atoms with van der Waals surface area (Å²) in [4.78, 5) is 23.7. The van der Waals surface area contributed by atoms with Crippen molar-refractivity contribution in [3.8, 4) is 5.75 Å². The van der Waals surface area contributed by atoms with Gasteiger partial charge in [0.15, 0.2) is 6.61 Å². The zero-order valence-electron chi connectivity index (χ0n) is 14.9. The van der Waals surface area contributed by atoms with Gasteiger partial charge in [-0.15, -0.1) is 10.2 Å². The Kier molecular flexibility index (Phi) is 6.50. The lowest BCUT2D eigenvalue weighted by atomic mass is 9.96. The van der Waals surface area contributed by atoms with Gasteiger partial charge < -0.3 is 10.1 Å². The van der Waals surface area contributed by atoms with Crippen molar-refractivity contribution in [1.82, 2.24) is 25.5 Å². The van der Waals surface area contributed by atoms with Crippen molar-refractivity contribution in [2.75, 3.05) is 6.61 Å². The Bertz CT molecular complexity index is 767. The number of carbonyl (C=O) groups excluding carboxylic acids is 2. The molecule has 9 nitrogen and oxygen atoms in total. The van der Waals surface area contributed by atoms with Gasteiger partial charge in [0.05, 0.1) is 6.21 Å². The number of nitrogens with one attached hydrogen (secondary N) is 2. The van der Waals surface area contributed by atoms with Gasteiger partial charge >= 0.3 is 6.03 Å². The third-order valence-corrected chi connectivity index (χ3v) is 4.19. The van der Waals surface area contributed by atoms with Crippen LogP contribution in [0.5, 0.6) is 5.75 Å². The van der Waals surface area contributed by atoms with Crippen molar-refractivity contribution in [3.05, 3.63) is 42.5 Å². The number of rotatable bonds is 6. The van der Waals surface area contributed by atoms with Crippen molar-refractivity contribution >= 4 is 18.2 Å². The van der Waals surface area contributed by atoms with Crippen LogP contribution in [0.15, 0.2) is 42.0 Å². The maximum Gasteiger partial charge on any atom is 0.321 e. The lowest BCUT2D eigenvalue weighted by Gasteiger charge is -2.22. The number of carbonyl (C=O) groups is 2. The molecule has 3 rings (SSSR count). The van der Waals surface area contributed by atoms with Gasteiger partial charge in [-0.05, 0) is 42.7 Å². The molecule has 1 aromatic heterocycles. The molecule has 0 unspecified atom stereocenters. The summed E-state index contributed by atoms with van der Waals surface area (Å²) in [7, 11) is 0. The van der Waals surface area contributed by atoms with E-state index in [0.717, 1.165) is 31.2 Å². The van der Waals surface area contributed by atoms with E-state index >= 15 is 0 Å². The van der Waals surface area contributed by atoms with Crippen LogP contribution in [0.25, 0.3) is 0 Å². The van der Waals surface area contributed by atoms with Crippen LogP contribution >= 0.6 is 0 Å². The molecule has 27 heavy (non-hydrogen) atoms. The van der Waals surface area contributed by atoms with Crippen LogP contribution in [-0.2, 0) is 4.79 Å². The van der Waals surface area contributed by atoms with E-state index in [1.54, 1.807) is 30.5 Å². The highest BCUT2D eigenvalue weighted by Gasteiger charge is 2.17. The number of hydrogen-bond donors (Lipinski definition) is 2. The Hall–Kier alpha value is -3.23. The summed E-state index contributed by atoms with van der Waals surface area (Å²) in [6.45, 7) is -0.230. The fourth-order valence-electron chi connectivity index (χ4n) is 2.82. The number of imide groups is 1. The first-order chi connectivity index (χ1) is 13.2. The van der Waals surface area contributed by atoms with Crippen LogP contribution in [0.4, 0.5) is 4.79 Å². The Morgan fingerprint density at radius 1 is 1.15 bits per heavy atom. The second-order valence-electron chi connectivity index (χ2n) is 6.30. The molecule has 9 heteroatoms. The lowest BCUT2D eigenvalue weighted by Crippen LogP contribution is -2.46. The number of hydrogen-bond acceptors (Lipinski definition) is 6. The van der Waals surface area contributed by atoms with Crippen LogP contribution in [0.3, 0.4) is 0 Å². The fraction of sp³-hybridized carbons (Fsp3) is 0.389. The molecule has 0 atom stereocenters. The van der Waals surface area contributed by atoms with Crippen molar-refractivity contribution in [1.29, 1.82) is 0 Å². The maximum atomic E-state index is 11.8. The standard InChI is InChI=1S/C18H22N6O3/c25-17(23-18(26)22-15-4-2-1-3-5-15)11-27-16-8-6-14(7-9-16)10-21-24-12-19-20-13-24/h6-10,12-13,15H,1-5,11H2,(H2,22,23,25,26)/b21-10+. The monoisotopic (exact) mass is 370 g/mol. The minimum atomic E-state index is -0.485. The minimum absolute atomic E-state index is 0.153. The second kappa shape index (κ2) is 9.46. The molecule has 0 saturated heterocycles. The molecular weight excluding hydrogens is 348 g/mol. The van der Waals surface area contributed by atoms with Crippen molar-refractivity contribution in [3.63, 3.8) is 0 Å². The average molecular weight is 370 g/mol. The van der Waals surface area contributed by atoms with Crippen molar-refractivity contribution in [2.45, 2.75) is 38.1 Å². The molecule has 1 saturated carbocycles. The molecule has 1 aliphatic rings. The predicted molar refractivity (Wildman–Crippen MR) is 98.5 cm³/mol. The largest absolute Gasteiger partial charge is 0.484 e. The SMILES string of the molecule is O=C(COc1ccc(/C=N/n2cnnc2)cc1)NC(=O)NC1CCCCC1. The lowest BCUT2D eigenvalue weighted by molar-refractivity contribution is -0.122. The van der Waals surface area contributed by atoms with Gasteiger partial charge in [0.2, 0.25) is 0 Å². The molecule has 2 N–H and O–H groups in total. The highest BCUT2D eigenvalue weighted by atomic mass is 16.5. The number of aromatic nitrogens is 3. The number of amides is 3. The molecule has 142 valence electrons. The van der Waals surface area contributed by atoms with Crippen LogP contribution < -0.4 is 15.4 Å². The Morgan fingerprint density at radius 2 is 1.85 bits per heavy atom. The fourth-order valence-corrected chi connectivity index (χ4v) is 2.82. The summed E-state index contributed by atoms with van der Waals surface area (Å²) in [5.41, 5.74) is 0.854. The van der Waals surface area contributed by atoms with Crippen LogP contribution in [0.2, 0.25) is 0 Å². The number of urea groups is 1. The first kappa shape index (κ1) is 18.6. The molecule has 1 fully saturated rings. The summed E-state index contributed by atoms with van der Waals surface area (Å²) in [6.07, 6.45) is 9.97. The van der Waals surface area contributed by atoms with Gasteiger partial charge in [0, 0.05) is 6.04 Å². The van der Waals surface area contributed by atoms with E-state index in [9.17, 15) is 9.59 Å². The molecule has 1 aliphatic carbocycles. The van der Waals surface area contributed by atoms with E-state index in [-0.39, 0.29) is 12.6 Å². The van der Waals surface area contributed by atoms with Crippen LogP contribution in [0.1, 0.15) is 37.7 Å². The topological polar surface area (TPSA) is 110 Å². The molecule has 2 aromatic rings. The number of benzene rings is 1. The van der Waals surface area contributed by atoms with E-state index in [1.807, 2.05) is 0 Å². The summed E-state index contributed by atoms with van der Waals surface area (Å²) >= 11 is 0. The minimum Gasteiger partial charge on any atom is -0.484 e. The van der Waals surface area contributed by atoms with Crippen molar-refractivity contribution in [2.24, 2.45) is 5.10 Å². The van der Waals surface area contributed by atoms with E-state index < -0.39 is 11.9 Å². The third kappa shape index (κ3) is 6.21. The van der Waals surface area contributed by atoms with E-state index in [2.05, 4.69) is 25.9 Å². The first-order valence-corrected chi connectivity index (χ1v) is 8.91. The maximum absolute atomic E-state index is 11.8. The van der Waals surface area contributed by atoms with Gasteiger partial charge in [-0.2, -0.15) is 5.10 Å². The summed E-state index contributed by atoms with van der Waals surface area (Å²) in [6, 6.07) is 6.75. The summed E-state index contributed by atoms with van der Waals surface area (Å²) in [5, 5.41) is 16.6. The smallest absolute Gasteiger partial charge is 0.321 e. The number of ether oxygens (including phenoxy) is 1. The van der Waals surface area contributed by atoms with Crippen LogP contribution in [0, 0.1) is 0 Å². The molecule has 0 aliphatic heterocycles. The van der Waals surface area contributed by atoms with Crippen molar-refractivity contribution < 1.29 is 14.3 Å². The molecule has 0 bridgehead atoms. The third-order valence-electron chi connectivity index (χ3n) is 4.19. The predicted octanol–water partition coefficient (Wildman–Crippen LogP) is 1.70. The molecule has 3 amide bonds. The quantitative estimate of drug-likeness (QED) is 0.752. The Morgan fingerprint density at radius 3 is 2.56 bits per heavy atom. The van der Waals surface area contributed by atoms with Gasteiger partial charge in [0.25, 0.3) is 5.91 Å². The number of nitrogens with zero attached hydrogens (tertiary/aromatic N) is 4. The second-order valence-corrected chi connectivity index (χ2v) is 6.30. The normalized spacial score (nSPS) is 14.8. The molecule has 0 radical (unpaired) electrons. The molecule has 1 heterocycles. The summed E-state index contributed by atoms with van der Waals surface area (Å²) in [5.74, 6) is 0.0424. The highest BCUT2D eigenvalue weighted by molar-refractivity contribution is 5.95. The zero-order chi connectivity index (χ0) is 18.9. The van der Waals surface area contributed by atoms with Gasteiger partial charge in [-0.25, -0.2) is 9.47 Å². The molecule has 1 aromatic carbocycles. The van der Waals surface area contributed by atoms with Gasteiger partial charge in [-0.1, -0.05) is 19.3 Å². The Balaban J connectivity index is 1.39. The Labute approximate surface area is 156 Å².